The fourth-order valence-electron chi connectivity index (χ4n) is 2.36. The molecule has 0 spiro atoms. The molecule has 1 aromatic heterocycles. The van der Waals surface area contributed by atoms with Crippen molar-refractivity contribution >= 4 is 0 Å². The van der Waals surface area contributed by atoms with Crippen LogP contribution in [0, 0.1) is 5.92 Å². The van der Waals surface area contributed by atoms with E-state index in [2.05, 4.69) is 25.9 Å². The van der Waals surface area contributed by atoms with E-state index in [1.54, 1.807) is 0 Å². The summed E-state index contributed by atoms with van der Waals surface area (Å²) in [4.78, 5) is 0. The second-order valence-corrected chi connectivity index (χ2v) is 4.82. The Labute approximate surface area is 105 Å². The summed E-state index contributed by atoms with van der Waals surface area (Å²) < 4.78 is 1.92. The van der Waals surface area contributed by atoms with Gasteiger partial charge < -0.3 is 5.11 Å². The Bertz CT molecular complexity index is 303. The molecule has 1 N–H and O–H groups in total. The van der Waals surface area contributed by atoms with Crippen molar-refractivity contribution in [2.45, 2.75) is 65.5 Å². The third-order valence-electron chi connectivity index (χ3n) is 3.21. The Kier molecular flexibility index (Phi) is 6.27. The van der Waals surface area contributed by atoms with Crippen LogP contribution in [0.3, 0.4) is 0 Å². The molecule has 17 heavy (non-hydrogen) atoms. The summed E-state index contributed by atoms with van der Waals surface area (Å²) in [7, 11) is 0. The zero-order valence-electron chi connectivity index (χ0n) is 11.4. The normalized spacial score (nSPS) is 13.2. The van der Waals surface area contributed by atoms with Gasteiger partial charge in [0.15, 0.2) is 0 Å². The molecule has 3 nitrogen and oxygen atoms in total. The van der Waals surface area contributed by atoms with Crippen LogP contribution in [0.4, 0.5) is 0 Å². The van der Waals surface area contributed by atoms with E-state index in [9.17, 15) is 5.11 Å². The summed E-state index contributed by atoms with van der Waals surface area (Å²) in [6.07, 6.45) is 8.98. The van der Waals surface area contributed by atoms with Crippen molar-refractivity contribution in [1.29, 1.82) is 0 Å². The molecule has 1 rings (SSSR count). The van der Waals surface area contributed by atoms with Crippen molar-refractivity contribution in [2.24, 2.45) is 5.92 Å². The first kappa shape index (κ1) is 14.2. The van der Waals surface area contributed by atoms with Crippen molar-refractivity contribution in [3.05, 3.63) is 18.0 Å². The van der Waals surface area contributed by atoms with E-state index in [1.807, 2.05) is 17.1 Å². The highest BCUT2D eigenvalue weighted by molar-refractivity contribution is 5.09. The van der Waals surface area contributed by atoms with Crippen molar-refractivity contribution in [2.75, 3.05) is 0 Å². The van der Waals surface area contributed by atoms with E-state index in [0.717, 1.165) is 44.2 Å². The third kappa shape index (κ3) is 4.15. The standard InChI is InChI=1S/C14H26N2O/c1-4-7-12(8-5-2)14(17)13-10-15-16(11-13)9-6-3/h10-12,14,17H,4-9H2,1-3H3. The van der Waals surface area contributed by atoms with Crippen molar-refractivity contribution in [3.8, 4) is 0 Å². The summed E-state index contributed by atoms with van der Waals surface area (Å²) in [6.45, 7) is 7.42. The third-order valence-corrected chi connectivity index (χ3v) is 3.21. The highest BCUT2D eigenvalue weighted by atomic mass is 16.3. The Morgan fingerprint density at radius 1 is 1.18 bits per heavy atom. The van der Waals surface area contributed by atoms with Gasteiger partial charge in [-0.2, -0.15) is 5.10 Å². The van der Waals surface area contributed by atoms with E-state index in [4.69, 9.17) is 0 Å². The second kappa shape index (κ2) is 7.49. The Morgan fingerprint density at radius 3 is 2.35 bits per heavy atom. The molecule has 0 bridgehead atoms. The molecule has 0 aliphatic heterocycles. The zero-order valence-corrected chi connectivity index (χ0v) is 11.4. The molecule has 0 aliphatic carbocycles. The highest BCUT2D eigenvalue weighted by Crippen LogP contribution is 2.29. The van der Waals surface area contributed by atoms with Crippen LogP contribution in [-0.4, -0.2) is 14.9 Å². The van der Waals surface area contributed by atoms with Gasteiger partial charge in [-0.15, -0.1) is 0 Å². The minimum absolute atomic E-state index is 0.347. The largest absolute Gasteiger partial charge is 0.388 e. The lowest BCUT2D eigenvalue weighted by molar-refractivity contribution is 0.0963. The first-order chi connectivity index (χ1) is 8.22. The van der Waals surface area contributed by atoms with Gasteiger partial charge >= 0.3 is 0 Å². The summed E-state index contributed by atoms with van der Waals surface area (Å²) in [6, 6.07) is 0. The monoisotopic (exact) mass is 238 g/mol. The topological polar surface area (TPSA) is 38.1 Å². The zero-order chi connectivity index (χ0) is 12.7. The average Bonchev–Trinajstić information content (AvgIpc) is 2.77. The van der Waals surface area contributed by atoms with Crippen molar-refractivity contribution < 1.29 is 5.11 Å². The minimum Gasteiger partial charge on any atom is -0.388 e. The predicted molar refractivity (Wildman–Crippen MR) is 70.8 cm³/mol. The molecule has 3 heteroatoms. The molecule has 0 aliphatic rings. The molecule has 1 unspecified atom stereocenters. The van der Waals surface area contributed by atoms with Gasteiger partial charge in [0.1, 0.15) is 0 Å². The molecule has 98 valence electrons. The van der Waals surface area contributed by atoms with Gasteiger partial charge in [0.2, 0.25) is 0 Å². The van der Waals surface area contributed by atoms with Crippen LogP contribution >= 0.6 is 0 Å². The van der Waals surface area contributed by atoms with Gasteiger partial charge in [-0.1, -0.05) is 33.6 Å². The molecule has 0 amide bonds. The SMILES string of the molecule is CCCC(CCC)C(O)c1cnn(CCC)c1. The molecule has 0 saturated carbocycles. The second-order valence-electron chi connectivity index (χ2n) is 4.82. The highest BCUT2D eigenvalue weighted by Gasteiger charge is 2.20. The fraction of sp³-hybridized carbons (Fsp3) is 0.786. The van der Waals surface area contributed by atoms with Gasteiger partial charge in [-0.3, -0.25) is 4.68 Å². The van der Waals surface area contributed by atoms with E-state index in [-0.39, 0.29) is 6.10 Å². The van der Waals surface area contributed by atoms with E-state index in [0.29, 0.717) is 5.92 Å². The van der Waals surface area contributed by atoms with Gasteiger partial charge in [0, 0.05) is 18.3 Å². The van der Waals surface area contributed by atoms with Crippen LogP contribution < -0.4 is 0 Å². The number of hydrogen-bond acceptors (Lipinski definition) is 2. The molecule has 0 saturated heterocycles. The maximum absolute atomic E-state index is 10.4. The Hall–Kier alpha value is -0.830. The first-order valence-corrected chi connectivity index (χ1v) is 6.93. The lowest BCUT2D eigenvalue weighted by Crippen LogP contribution is -2.12. The maximum atomic E-state index is 10.4. The molecular formula is C14H26N2O. The molecule has 0 radical (unpaired) electrons. The number of aliphatic hydroxyl groups is 1. The number of aliphatic hydroxyl groups excluding tert-OH is 1. The number of aromatic nitrogens is 2. The van der Waals surface area contributed by atoms with Gasteiger partial charge in [0.25, 0.3) is 0 Å². The van der Waals surface area contributed by atoms with Crippen molar-refractivity contribution in [3.63, 3.8) is 0 Å². The van der Waals surface area contributed by atoms with Gasteiger partial charge in [-0.25, -0.2) is 0 Å². The van der Waals surface area contributed by atoms with Crippen LogP contribution in [0.2, 0.25) is 0 Å². The van der Waals surface area contributed by atoms with Gasteiger partial charge in [0.05, 0.1) is 12.3 Å². The molecule has 1 heterocycles. The number of hydrogen-bond donors (Lipinski definition) is 1. The smallest absolute Gasteiger partial charge is 0.0848 e. The van der Waals surface area contributed by atoms with E-state index >= 15 is 0 Å². The fourth-order valence-corrected chi connectivity index (χ4v) is 2.36. The number of rotatable bonds is 8. The summed E-state index contributed by atoms with van der Waals surface area (Å²) in [5, 5.41) is 14.7. The first-order valence-electron chi connectivity index (χ1n) is 6.93. The van der Waals surface area contributed by atoms with E-state index < -0.39 is 0 Å². The summed E-state index contributed by atoms with van der Waals surface area (Å²) in [5.74, 6) is 0.379. The van der Waals surface area contributed by atoms with Crippen LogP contribution in [0.1, 0.15) is 64.5 Å². The summed E-state index contributed by atoms with van der Waals surface area (Å²) >= 11 is 0. The van der Waals surface area contributed by atoms with Crippen LogP contribution in [0.15, 0.2) is 12.4 Å². The molecule has 0 aromatic carbocycles. The molecule has 1 aromatic rings. The molecule has 0 fully saturated rings. The maximum Gasteiger partial charge on any atom is 0.0848 e. The van der Waals surface area contributed by atoms with Crippen molar-refractivity contribution in [1.82, 2.24) is 9.78 Å². The number of nitrogens with zero attached hydrogens (tertiary/aromatic N) is 2. The minimum atomic E-state index is -0.347. The lowest BCUT2D eigenvalue weighted by Gasteiger charge is -2.20. The average molecular weight is 238 g/mol. The van der Waals surface area contributed by atoms with Crippen LogP contribution in [0.25, 0.3) is 0 Å². The van der Waals surface area contributed by atoms with Gasteiger partial charge in [-0.05, 0) is 25.2 Å². The van der Waals surface area contributed by atoms with Crippen LogP contribution in [-0.2, 0) is 6.54 Å². The number of aryl methyl sites for hydroxylation is 1. The Morgan fingerprint density at radius 2 is 1.82 bits per heavy atom. The van der Waals surface area contributed by atoms with Crippen LogP contribution in [0.5, 0.6) is 0 Å². The Balaban J connectivity index is 2.66. The summed E-state index contributed by atoms with van der Waals surface area (Å²) in [5.41, 5.74) is 0.977. The quantitative estimate of drug-likeness (QED) is 0.752. The van der Waals surface area contributed by atoms with E-state index in [1.165, 1.54) is 0 Å². The molecule has 1 atom stereocenters. The lowest BCUT2D eigenvalue weighted by atomic mass is 9.89. The molecular weight excluding hydrogens is 212 g/mol. The predicted octanol–water partition coefficient (Wildman–Crippen LogP) is 3.54.